The van der Waals surface area contributed by atoms with E-state index in [0.29, 0.717) is 17.1 Å². The number of nitrogens with two attached hydrogens (primary N) is 1. The minimum Gasteiger partial charge on any atom is -0.505 e. The number of aromatic nitrogens is 2. The van der Waals surface area contributed by atoms with Crippen LogP contribution in [-0.2, 0) is 0 Å². The molecule has 6 heteroatoms. The molecule has 100 valence electrons. The van der Waals surface area contributed by atoms with Crippen LogP contribution in [0.2, 0.25) is 0 Å². The molecule has 0 amide bonds. The van der Waals surface area contributed by atoms with Gasteiger partial charge in [0.25, 0.3) is 5.89 Å². The summed E-state index contributed by atoms with van der Waals surface area (Å²) in [4.78, 5) is 4.18. The molecule has 0 aliphatic heterocycles. The topological polar surface area (TPSA) is 85.2 Å². The average molecular weight is 271 g/mol. The molecule has 0 fully saturated rings. The summed E-state index contributed by atoms with van der Waals surface area (Å²) in [5.41, 5.74) is 7.37. The summed E-state index contributed by atoms with van der Waals surface area (Å²) in [5.74, 6) is -0.596. The maximum atomic E-state index is 13.3. The van der Waals surface area contributed by atoms with E-state index < -0.39 is 11.6 Å². The first-order valence-electron chi connectivity index (χ1n) is 5.82. The first-order chi connectivity index (χ1) is 9.63. The molecule has 5 nitrogen and oxygen atoms in total. The predicted octanol–water partition coefficient (Wildman–Crippen LogP) is 2.83. The lowest BCUT2D eigenvalue weighted by Crippen LogP contribution is -1.85. The fourth-order valence-corrected chi connectivity index (χ4v) is 1.73. The molecule has 0 aliphatic rings. The van der Waals surface area contributed by atoms with E-state index in [2.05, 4.69) is 10.1 Å². The molecule has 3 rings (SSSR count). The number of rotatable bonds is 2. The number of hydrogen-bond donors (Lipinski definition) is 2. The highest BCUT2D eigenvalue weighted by Gasteiger charge is 2.12. The molecule has 0 saturated carbocycles. The van der Waals surface area contributed by atoms with Gasteiger partial charge < -0.3 is 15.4 Å². The number of aromatic hydroxyl groups is 1. The highest BCUT2D eigenvalue weighted by Crippen LogP contribution is 2.25. The monoisotopic (exact) mass is 271 g/mol. The van der Waals surface area contributed by atoms with Crippen LogP contribution >= 0.6 is 0 Å². The molecule has 0 bridgehead atoms. The summed E-state index contributed by atoms with van der Waals surface area (Å²) in [7, 11) is 0. The molecule has 0 aliphatic carbocycles. The standard InChI is InChI=1S/C14H10FN3O2/c15-11-7-9(3-6-12(11)19)13-17-14(20-18-13)8-1-4-10(16)5-2-8/h1-7,19H,16H2. The minimum atomic E-state index is -0.735. The zero-order valence-electron chi connectivity index (χ0n) is 10.2. The highest BCUT2D eigenvalue weighted by atomic mass is 19.1. The summed E-state index contributed by atoms with van der Waals surface area (Å²) in [6, 6.07) is 10.8. The molecule has 3 aromatic rings. The third-order valence-corrected chi connectivity index (χ3v) is 2.79. The van der Waals surface area contributed by atoms with Crippen molar-refractivity contribution >= 4 is 5.69 Å². The Labute approximate surface area is 113 Å². The van der Waals surface area contributed by atoms with Crippen LogP contribution in [0.4, 0.5) is 10.1 Å². The molecule has 0 saturated heterocycles. The minimum absolute atomic E-state index is 0.246. The van der Waals surface area contributed by atoms with Gasteiger partial charge in [-0.2, -0.15) is 4.98 Å². The lowest BCUT2D eigenvalue weighted by Gasteiger charge is -1.97. The molecule has 3 N–H and O–H groups in total. The molecule has 1 heterocycles. The fraction of sp³-hybridized carbons (Fsp3) is 0. The summed E-state index contributed by atoms with van der Waals surface area (Å²) in [6.07, 6.45) is 0. The molecule has 0 atom stereocenters. The number of nitrogens with zero attached hydrogens (tertiary/aromatic N) is 2. The number of phenols is 1. The van der Waals surface area contributed by atoms with E-state index in [9.17, 15) is 4.39 Å². The normalized spacial score (nSPS) is 10.7. The Hall–Kier alpha value is -2.89. The van der Waals surface area contributed by atoms with E-state index in [0.717, 1.165) is 11.6 Å². The van der Waals surface area contributed by atoms with Crippen molar-refractivity contribution in [2.24, 2.45) is 0 Å². The van der Waals surface area contributed by atoms with Crippen LogP contribution in [-0.4, -0.2) is 15.2 Å². The van der Waals surface area contributed by atoms with Crippen molar-refractivity contribution in [1.29, 1.82) is 0 Å². The van der Waals surface area contributed by atoms with Crippen molar-refractivity contribution in [2.75, 3.05) is 5.73 Å². The third kappa shape index (κ3) is 2.18. The maximum Gasteiger partial charge on any atom is 0.258 e. The van der Waals surface area contributed by atoms with Gasteiger partial charge in [0, 0.05) is 16.8 Å². The molecule has 20 heavy (non-hydrogen) atoms. The van der Waals surface area contributed by atoms with Gasteiger partial charge in [-0.15, -0.1) is 0 Å². The Kier molecular flexibility index (Phi) is 2.83. The van der Waals surface area contributed by atoms with Gasteiger partial charge in [0.1, 0.15) is 0 Å². The van der Waals surface area contributed by atoms with E-state index in [4.69, 9.17) is 15.4 Å². The van der Waals surface area contributed by atoms with E-state index >= 15 is 0 Å². The summed E-state index contributed by atoms with van der Waals surface area (Å²) in [6.45, 7) is 0. The van der Waals surface area contributed by atoms with Crippen molar-refractivity contribution in [3.05, 3.63) is 48.3 Å². The Morgan fingerprint density at radius 3 is 2.45 bits per heavy atom. The smallest absolute Gasteiger partial charge is 0.258 e. The van der Waals surface area contributed by atoms with Crippen LogP contribution in [0.15, 0.2) is 47.0 Å². The number of anilines is 1. The Morgan fingerprint density at radius 1 is 1.05 bits per heavy atom. The Balaban J connectivity index is 1.97. The first-order valence-corrected chi connectivity index (χ1v) is 5.82. The van der Waals surface area contributed by atoms with Gasteiger partial charge in [0.15, 0.2) is 11.6 Å². The lowest BCUT2D eigenvalue weighted by molar-refractivity contribution is 0.430. The van der Waals surface area contributed by atoms with Crippen LogP contribution in [0.3, 0.4) is 0 Å². The summed E-state index contributed by atoms with van der Waals surface area (Å²) < 4.78 is 18.4. The fourth-order valence-electron chi connectivity index (χ4n) is 1.73. The van der Waals surface area contributed by atoms with Crippen LogP contribution in [0.5, 0.6) is 5.75 Å². The van der Waals surface area contributed by atoms with E-state index in [1.165, 1.54) is 12.1 Å². The Bertz CT molecular complexity index is 753. The SMILES string of the molecule is Nc1ccc(-c2nc(-c3ccc(O)c(F)c3)no2)cc1. The van der Waals surface area contributed by atoms with Gasteiger partial charge in [0.2, 0.25) is 5.82 Å². The van der Waals surface area contributed by atoms with Crippen molar-refractivity contribution in [3.8, 4) is 28.6 Å². The molecular formula is C14H10FN3O2. The molecule has 2 aromatic carbocycles. The number of benzene rings is 2. The van der Waals surface area contributed by atoms with Gasteiger partial charge in [-0.05, 0) is 42.5 Å². The molecule has 0 radical (unpaired) electrons. The van der Waals surface area contributed by atoms with Gasteiger partial charge in [-0.1, -0.05) is 5.16 Å². The predicted molar refractivity (Wildman–Crippen MR) is 71.2 cm³/mol. The van der Waals surface area contributed by atoms with Gasteiger partial charge >= 0.3 is 0 Å². The van der Waals surface area contributed by atoms with E-state index in [1.54, 1.807) is 24.3 Å². The summed E-state index contributed by atoms with van der Waals surface area (Å²) in [5, 5.41) is 12.9. The number of halogens is 1. The van der Waals surface area contributed by atoms with Gasteiger partial charge in [-0.3, -0.25) is 0 Å². The van der Waals surface area contributed by atoms with Crippen molar-refractivity contribution in [2.45, 2.75) is 0 Å². The van der Waals surface area contributed by atoms with E-state index in [1.807, 2.05) is 0 Å². The highest BCUT2D eigenvalue weighted by molar-refractivity contribution is 5.62. The molecular weight excluding hydrogens is 261 g/mol. The molecule has 1 aromatic heterocycles. The van der Waals surface area contributed by atoms with Crippen LogP contribution in [0.25, 0.3) is 22.8 Å². The number of phenolic OH excluding ortho intramolecular Hbond substituents is 1. The largest absolute Gasteiger partial charge is 0.505 e. The van der Waals surface area contributed by atoms with E-state index in [-0.39, 0.29) is 5.82 Å². The number of nitrogen functional groups attached to an aromatic ring is 1. The van der Waals surface area contributed by atoms with Gasteiger partial charge in [-0.25, -0.2) is 4.39 Å². The van der Waals surface area contributed by atoms with Crippen LogP contribution < -0.4 is 5.73 Å². The molecule has 0 unspecified atom stereocenters. The average Bonchev–Trinajstić information content (AvgIpc) is 2.92. The first kappa shape index (κ1) is 12.2. The van der Waals surface area contributed by atoms with Crippen LogP contribution in [0, 0.1) is 5.82 Å². The third-order valence-electron chi connectivity index (χ3n) is 2.79. The zero-order chi connectivity index (χ0) is 14.1. The lowest BCUT2D eigenvalue weighted by atomic mass is 10.2. The second-order valence-electron chi connectivity index (χ2n) is 4.21. The zero-order valence-corrected chi connectivity index (χ0v) is 10.2. The quantitative estimate of drug-likeness (QED) is 0.700. The van der Waals surface area contributed by atoms with Crippen LogP contribution in [0.1, 0.15) is 0 Å². The second-order valence-corrected chi connectivity index (χ2v) is 4.21. The number of hydrogen-bond acceptors (Lipinski definition) is 5. The summed E-state index contributed by atoms with van der Waals surface area (Å²) >= 11 is 0. The maximum absolute atomic E-state index is 13.3. The second kappa shape index (κ2) is 4.65. The van der Waals surface area contributed by atoms with Crippen molar-refractivity contribution in [3.63, 3.8) is 0 Å². The molecule has 0 spiro atoms. The van der Waals surface area contributed by atoms with Gasteiger partial charge in [0.05, 0.1) is 0 Å². The van der Waals surface area contributed by atoms with Crippen molar-refractivity contribution < 1.29 is 14.0 Å². The Morgan fingerprint density at radius 2 is 1.75 bits per heavy atom. The van der Waals surface area contributed by atoms with Crippen molar-refractivity contribution in [1.82, 2.24) is 10.1 Å².